The van der Waals surface area contributed by atoms with Gasteiger partial charge in [-0.05, 0) is 13.3 Å². The largest absolute Gasteiger partial charge is 0.385 e. The summed E-state index contributed by atoms with van der Waals surface area (Å²) in [5.74, 6) is 2.86. The summed E-state index contributed by atoms with van der Waals surface area (Å²) in [7, 11) is 3.63. The van der Waals surface area contributed by atoms with Gasteiger partial charge in [0.15, 0.2) is 0 Å². The molecule has 0 bridgehead atoms. The minimum atomic E-state index is 0.802. The third kappa shape index (κ3) is 4.16. The van der Waals surface area contributed by atoms with Crippen molar-refractivity contribution in [1.82, 2.24) is 9.97 Å². The van der Waals surface area contributed by atoms with Crippen molar-refractivity contribution >= 4 is 17.6 Å². The number of aromatic nitrogens is 2. The predicted octanol–water partition coefficient (Wildman–Crippen LogP) is 2.52. The van der Waals surface area contributed by atoms with E-state index >= 15 is 0 Å². The number of thioether (sulfide) groups is 1. The lowest BCUT2D eigenvalue weighted by molar-refractivity contribution is 0.200. The highest BCUT2D eigenvalue weighted by molar-refractivity contribution is 7.99. The molecule has 0 fully saturated rings. The van der Waals surface area contributed by atoms with Crippen LogP contribution in [-0.2, 0) is 11.2 Å². The molecule has 0 saturated carbocycles. The average Bonchev–Trinajstić information content (AvgIpc) is 2.36. The Kier molecular flexibility index (Phi) is 6.29. The molecule has 5 heteroatoms. The van der Waals surface area contributed by atoms with E-state index in [-0.39, 0.29) is 0 Å². The van der Waals surface area contributed by atoms with E-state index in [1.54, 1.807) is 18.9 Å². The normalized spacial score (nSPS) is 10.6. The van der Waals surface area contributed by atoms with Crippen molar-refractivity contribution in [3.63, 3.8) is 0 Å². The van der Waals surface area contributed by atoms with Crippen LogP contribution in [0.2, 0.25) is 0 Å². The maximum absolute atomic E-state index is 5.04. The molecule has 1 N–H and O–H groups in total. The van der Waals surface area contributed by atoms with E-state index in [4.69, 9.17) is 4.74 Å². The predicted molar refractivity (Wildman–Crippen MR) is 72.9 cm³/mol. The number of hydrogen-bond acceptors (Lipinski definition) is 5. The Morgan fingerprint density at radius 1 is 1.35 bits per heavy atom. The summed E-state index contributed by atoms with van der Waals surface area (Å²) in [4.78, 5) is 9.02. The molecule has 17 heavy (non-hydrogen) atoms. The van der Waals surface area contributed by atoms with Crippen LogP contribution in [0, 0.1) is 6.92 Å². The van der Waals surface area contributed by atoms with Gasteiger partial charge in [-0.2, -0.15) is 0 Å². The summed E-state index contributed by atoms with van der Waals surface area (Å²) in [6.07, 6.45) is 1.90. The van der Waals surface area contributed by atoms with E-state index in [0.29, 0.717) is 0 Å². The van der Waals surface area contributed by atoms with E-state index in [9.17, 15) is 0 Å². The van der Waals surface area contributed by atoms with Crippen LogP contribution >= 0.6 is 11.8 Å². The van der Waals surface area contributed by atoms with Crippen molar-refractivity contribution in [3.05, 3.63) is 11.4 Å². The summed E-state index contributed by atoms with van der Waals surface area (Å²) in [5, 5.41) is 4.20. The molecule has 1 aromatic rings. The van der Waals surface area contributed by atoms with E-state index in [2.05, 4.69) is 29.1 Å². The highest BCUT2D eigenvalue weighted by Gasteiger charge is 2.09. The van der Waals surface area contributed by atoms with Gasteiger partial charge in [-0.3, -0.25) is 0 Å². The van der Waals surface area contributed by atoms with Gasteiger partial charge in [-0.1, -0.05) is 6.92 Å². The smallest absolute Gasteiger partial charge is 0.133 e. The monoisotopic (exact) mass is 255 g/mol. The zero-order chi connectivity index (χ0) is 12.7. The molecule has 0 radical (unpaired) electrons. The fourth-order valence-electron chi connectivity index (χ4n) is 1.45. The van der Waals surface area contributed by atoms with Crippen molar-refractivity contribution in [3.8, 4) is 0 Å². The fourth-order valence-corrected chi connectivity index (χ4v) is 2.39. The van der Waals surface area contributed by atoms with Crippen LogP contribution in [0.4, 0.5) is 5.82 Å². The number of ether oxygens (including phenoxy) is 1. The standard InChI is InChI=1S/C12H21N3OS/c1-5-10-14-11(13-3)9(2)12(15-10)17-8-6-7-16-4/h5-8H2,1-4H3,(H,13,14,15). The van der Waals surface area contributed by atoms with Gasteiger partial charge in [-0.25, -0.2) is 9.97 Å². The highest BCUT2D eigenvalue weighted by atomic mass is 32.2. The summed E-state index contributed by atoms with van der Waals surface area (Å²) in [6, 6.07) is 0. The van der Waals surface area contributed by atoms with Gasteiger partial charge >= 0.3 is 0 Å². The van der Waals surface area contributed by atoms with Gasteiger partial charge < -0.3 is 10.1 Å². The van der Waals surface area contributed by atoms with Crippen LogP contribution in [0.25, 0.3) is 0 Å². The molecule has 0 saturated heterocycles. The number of hydrogen-bond donors (Lipinski definition) is 1. The molecule has 1 heterocycles. The molecule has 1 rings (SSSR count). The van der Waals surface area contributed by atoms with Crippen LogP contribution in [-0.4, -0.2) is 36.5 Å². The lowest BCUT2D eigenvalue weighted by atomic mass is 10.3. The summed E-state index contributed by atoms with van der Waals surface area (Å²) < 4.78 is 5.04. The second kappa shape index (κ2) is 7.50. The van der Waals surface area contributed by atoms with Gasteiger partial charge in [0.05, 0.1) is 0 Å². The SMILES string of the molecule is CCc1nc(NC)c(C)c(SCCCOC)n1. The molecule has 0 atom stereocenters. The van der Waals surface area contributed by atoms with E-state index < -0.39 is 0 Å². The fraction of sp³-hybridized carbons (Fsp3) is 0.667. The first-order valence-corrected chi connectivity index (χ1v) is 6.88. The van der Waals surface area contributed by atoms with Crippen LogP contribution in [0.3, 0.4) is 0 Å². The van der Waals surface area contributed by atoms with Gasteiger partial charge in [0.1, 0.15) is 16.7 Å². The number of nitrogens with one attached hydrogen (secondary N) is 1. The Hall–Kier alpha value is -0.810. The quantitative estimate of drug-likeness (QED) is 0.461. The lowest BCUT2D eigenvalue weighted by Crippen LogP contribution is -2.04. The van der Waals surface area contributed by atoms with Gasteiger partial charge in [0.2, 0.25) is 0 Å². The molecule has 0 amide bonds. The highest BCUT2D eigenvalue weighted by Crippen LogP contribution is 2.25. The third-order valence-corrected chi connectivity index (χ3v) is 3.60. The summed E-state index contributed by atoms with van der Waals surface area (Å²) in [5.41, 5.74) is 1.13. The molecule has 1 aromatic heterocycles. The molecular weight excluding hydrogens is 234 g/mol. The third-order valence-electron chi connectivity index (χ3n) is 2.43. The molecule has 0 spiro atoms. The molecule has 0 aromatic carbocycles. The molecule has 0 aliphatic heterocycles. The van der Waals surface area contributed by atoms with Gasteiger partial charge in [0, 0.05) is 38.5 Å². The number of nitrogens with zero attached hydrogens (tertiary/aromatic N) is 2. The molecule has 0 unspecified atom stereocenters. The molecule has 0 aliphatic rings. The Balaban J connectivity index is 2.75. The zero-order valence-electron chi connectivity index (χ0n) is 11.0. The Bertz CT molecular complexity index is 358. The topological polar surface area (TPSA) is 47.0 Å². The van der Waals surface area contributed by atoms with Crippen molar-refractivity contribution in [1.29, 1.82) is 0 Å². The van der Waals surface area contributed by atoms with Gasteiger partial charge in [-0.15, -0.1) is 11.8 Å². The van der Waals surface area contributed by atoms with Crippen molar-refractivity contribution < 1.29 is 4.74 Å². The van der Waals surface area contributed by atoms with Crippen LogP contribution in [0.1, 0.15) is 24.7 Å². The van der Waals surface area contributed by atoms with Crippen molar-refractivity contribution in [2.24, 2.45) is 0 Å². The van der Waals surface area contributed by atoms with Crippen LogP contribution in [0.15, 0.2) is 5.03 Å². The molecule has 0 aliphatic carbocycles. The molecule has 96 valence electrons. The zero-order valence-corrected chi connectivity index (χ0v) is 11.9. The Morgan fingerprint density at radius 2 is 2.12 bits per heavy atom. The maximum atomic E-state index is 5.04. The second-order valence-electron chi connectivity index (χ2n) is 3.72. The number of anilines is 1. The second-order valence-corrected chi connectivity index (χ2v) is 4.80. The van der Waals surface area contributed by atoms with Gasteiger partial charge in [0.25, 0.3) is 0 Å². The lowest BCUT2D eigenvalue weighted by Gasteiger charge is -2.11. The molecular formula is C12H21N3OS. The first kappa shape index (κ1) is 14.3. The molecule has 4 nitrogen and oxygen atoms in total. The van der Waals surface area contributed by atoms with E-state index in [1.807, 2.05) is 7.05 Å². The number of aryl methyl sites for hydroxylation is 1. The summed E-state index contributed by atoms with van der Waals surface area (Å²) in [6.45, 7) is 4.93. The van der Waals surface area contributed by atoms with E-state index in [0.717, 1.165) is 47.4 Å². The number of methoxy groups -OCH3 is 1. The first-order valence-electron chi connectivity index (χ1n) is 5.89. The Morgan fingerprint density at radius 3 is 2.71 bits per heavy atom. The minimum Gasteiger partial charge on any atom is -0.385 e. The van der Waals surface area contributed by atoms with E-state index in [1.165, 1.54) is 0 Å². The average molecular weight is 255 g/mol. The number of rotatable bonds is 7. The van der Waals surface area contributed by atoms with Crippen LogP contribution in [0.5, 0.6) is 0 Å². The maximum Gasteiger partial charge on any atom is 0.133 e. The van der Waals surface area contributed by atoms with Crippen LogP contribution < -0.4 is 5.32 Å². The first-order chi connectivity index (χ1) is 8.22. The van der Waals surface area contributed by atoms with Crippen molar-refractivity contribution in [2.75, 3.05) is 31.8 Å². The van der Waals surface area contributed by atoms with Crippen molar-refractivity contribution in [2.45, 2.75) is 31.7 Å². The summed E-state index contributed by atoms with van der Waals surface area (Å²) >= 11 is 1.77. The minimum absolute atomic E-state index is 0.802. The Labute approximate surface area is 108 Å².